The van der Waals surface area contributed by atoms with Gasteiger partial charge in [-0.3, -0.25) is 0 Å². The summed E-state index contributed by atoms with van der Waals surface area (Å²) in [5.41, 5.74) is 9.54. The number of hydrogen-bond acceptors (Lipinski definition) is 7. The molecule has 7 heteroatoms. The third kappa shape index (κ3) is 2.74. The maximum absolute atomic E-state index is 5.98. The molecule has 1 aromatic heterocycles. The van der Waals surface area contributed by atoms with Crippen molar-refractivity contribution in [1.82, 2.24) is 15.2 Å². The molecule has 4 rings (SSSR count). The Kier molecular flexibility index (Phi) is 3.82. The lowest BCUT2D eigenvalue weighted by molar-refractivity contribution is 0.0381. The molecule has 4 heterocycles. The zero-order chi connectivity index (χ0) is 15.8. The molecule has 1 saturated heterocycles. The molecule has 3 aliphatic rings. The minimum atomic E-state index is 0.0966. The Balaban J connectivity index is 1.74. The molecule has 0 spiro atoms. The highest BCUT2D eigenvalue weighted by Crippen LogP contribution is 2.37. The van der Waals surface area contributed by atoms with Crippen LogP contribution in [0, 0.1) is 0 Å². The van der Waals surface area contributed by atoms with E-state index in [4.69, 9.17) is 10.5 Å². The highest BCUT2D eigenvalue weighted by molar-refractivity contribution is 7.10. The first-order valence-electron chi connectivity index (χ1n) is 7.98. The van der Waals surface area contributed by atoms with Crippen molar-refractivity contribution in [3.05, 3.63) is 34.1 Å². The fraction of sp³-hybridized carbons (Fsp3) is 0.500. The summed E-state index contributed by atoms with van der Waals surface area (Å²) in [5.74, 6) is 0.499. The van der Waals surface area contributed by atoms with Crippen LogP contribution in [0.15, 0.2) is 34.0 Å². The Labute approximate surface area is 139 Å². The van der Waals surface area contributed by atoms with E-state index in [2.05, 4.69) is 26.4 Å². The van der Waals surface area contributed by atoms with Crippen molar-refractivity contribution in [2.75, 3.05) is 13.2 Å². The first kappa shape index (κ1) is 14.7. The molecule has 0 radical (unpaired) electrons. The van der Waals surface area contributed by atoms with Crippen LogP contribution in [0.25, 0.3) is 5.57 Å². The minimum absolute atomic E-state index is 0.0966. The average molecular weight is 331 g/mol. The fourth-order valence-corrected chi connectivity index (χ4v) is 4.16. The maximum Gasteiger partial charge on any atom is 0.195 e. The van der Waals surface area contributed by atoms with E-state index in [0.29, 0.717) is 12.0 Å². The Morgan fingerprint density at radius 2 is 2.22 bits per heavy atom. The van der Waals surface area contributed by atoms with Crippen LogP contribution in [0.4, 0.5) is 0 Å². The van der Waals surface area contributed by atoms with Crippen LogP contribution in [-0.2, 0) is 4.74 Å². The number of rotatable bonds is 2. The van der Waals surface area contributed by atoms with Crippen LogP contribution in [0.2, 0.25) is 0 Å². The second kappa shape index (κ2) is 5.98. The zero-order valence-corrected chi connectivity index (χ0v) is 14.0. The molecule has 0 saturated carbocycles. The van der Waals surface area contributed by atoms with Crippen molar-refractivity contribution >= 4 is 22.9 Å². The number of nitrogens with zero attached hydrogens (tertiary/aromatic N) is 3. The molecule has 23 heavy (non-hydrogen) atoms. The Bertz CT molecular complexity index is 673. The largest absolute Gasteiger partial charge is 0.381 e. The standard InChI is InChI=1S/C16H21N5OS/c1-10-13-8-11(15-18-4-7-23-15)9-21(12-2-5-22-6-3-12)14(13)20-16(17)19-10/h4,7,9,12,14H,2-3,5-6,8H2,1H3,(H3,17,19,20). The smallest absolute Gasteiger partial charge is 0.195 e. The van der Waals surface area contributed by atoms with Gasteiger partial charge in [0, 0.05) is 54.7 Å². The van der Waals surface area contributed by atoms with Gasteiger partial charge in [-0.1, -0.05) is 0 Å². The summed E-state index contributed by atoms with van der Waals surface area (Å²) in [4.78, 5) is 11.3. The number of nitrogens with one attached hydrogen (secondary N) is 1. The second-order valence-electron chi connectivity index (χ2n) is 6.11. The summed E-state index contributed by atoms with van der Waals surface area (Å²) in [5, 5.41) is 6.47. The van der Waals surface area contributed by atoms with E-state index < -0.39 is 0 Å². The molecular formula is C16H21N5OS. The predicted octanol–water partition coefficient (Wildman–Crippen LogP) is 1.89. The van der Waals surface area contributed by atoms with Crippen LogP contribution >= 0.6 is 11.3 Å². The number of hydrogen-bond donors (Lipinski definition) is 2. The SMILES string of the molecule is CC1=C2CC(c3nccs3)=CN(C3CCOCC3)C2NC(N)=N1. The van der Waals surface area contributed by atoms with Crippen LogP contribution in [-0.4, -0.2) is 41.3 Å². The first-order chi connectivity index (χ1) is 11.2. The van der Waals surface area contributed by atoms with Crippen molar-refractivity contribution in [1.29, 1.82) is 0 Å². The lowest BCUT2D eigenvalue weighted by Gasteiger charge is -2.45. The molecule has 3 N–H and O–H groups in total. The highest BCUT2D eigenvalue weighted by Gasteiger charge is 2.35. The zero-order valence-electron chi connectivity index (χ0n) is 13.2. The summed E-state index contributed by atoms with van der Waals surface area (Å²) in [6.07, 6.45) is 7.16. The molecule has 122 valence electrons. The van der Waals surface area contributed by atoms with Crippen LogP contribution < -0.4 is 11.1 Å². The molecule has 6 nitrogen and oxygen atoms in total. The van der Waals surface area contributed by atoms with Gasteiger partial charge in [0.15, 0.2) is 5.96 Å². The van der Waals surface area contributed by atoms with Crippen molar-refractivity contribution in [3.8, 4) is 0 Å². The van der Waals surface area contributed by atoms with Gasteiger partial charge in [0.05, 0.1) is 0 Å². The van der Waals surface area contributed by atoms with E-state index in [1.807, 2.05) is 18.5 Å². The van der Waals surface area contributed by atoms with E-state index in [1.54, 1.807) is 11.3 Å². The number of fused-ring (bicyclic) bond motifs is 1. The quantitative estimate of drug-likeness (QED) is 0.865. The van der Waals surface area contributed by atoms with Crippen LogP contribution in [0.3, 0.4) is 0 Å². The molecule has 0 amide bonds. The third-order valence-electron chi connectivity index (χ3n) is 4.67. The van der Waals surface area contributed by atoms with E-state index in [-0.39, 0.29) is 6.17 Å². The van der Waals surface area contributed by atoms with Gasteiger partial charge in [-0.25, -0.2) is 9.98 Å². The van der Waals surface area contributed by atoms with E-state index in [0.717, 1.165) is 43.2 Å². The predicted molar refractivity (Wildman–Crippen MR) is 91.6 cm³/mol. The molecule has 1 aromatic rings. The average Bonchev–Trinajstić information content (AvgIpc) is 3.09. The number of aliphatic imine (C=N–C) groups is 1. The lowest BCUT2D eigenvalue weighted by atomic mass is 9.93. The van der Waals surface area contributed by atoms with Crippen molar-refractivity contribution in [2.45, 2.75) is 38.4 Å². The summed E-state index contributed by atoms with van der Waals surface area (Å²) in [7, 11) is 0. The van der Waals surface area contributed by atoms with Gasteiger partial charge in [0.25, 0.3) is 0 Å². The first-order valence-corrected chi connectivity index (χ1v) is 8.86. The van der Waals surface area contributed by atoms with Gasteiger partial charge >= 0.3 is 0 Å². The molecule has 0 bridgehead atoms. The summed E-state index contributed by atoms with van der Waals surface area (Å²) < 4.78 is 5.53. The van der Waals surface area contributed by atoms with Crippen molar-refractivity contribution in [2.24, 2.45) is 10.7 Å². The van der Waals surface area contributed by atoms with E-state index in [1.165, 1.54) is 11.1 Å². The van der Waals surface area contributed by atoms with Gasteiger partial charge in [-0.15, -0.1) is 11.3 Å². The molecular weight excluding hydrogens is 310 g/mol. The normalized spacial score (nSPS) is 25.6. The third-order valence-corrected chi connectivity index (χ3v) is 5.52. The van der Waals surface area contributed by atoms with Gasteiger partial charge in [-0.2, -0.15) is 0 Å². The minimum Gasteiger partial charge on any atom is -0.381 e. The number of ether oxygens (including phenoxy) is 1. The van der Waals surface area contributed by atoms with Crippen molar-refractivity contribution < 1.29 is 4.74 Å². The number of nitrogens with two attached hydrogens (primary N) is 1. The molecule has 0 aromatic carbocycles. The fourth-order valence-electron chi connectivity index (χ4n) is 3.51. The number of aromatic nitrogens is 1. The highest BCUT2D eigenvalue weighted by atomic mass is 32.1. The van der Waals surface area contributed by atoms with E-state index in [9.17, 15) is 0 Å². The number of guanidine groups is 1. The van der Waals surface area contributed by atoms with Crippen LogP contribution in [0.5, 0.6) is 0 Å². The Hall–Kier alpha value is -1.86. The van der Waals surface area contributed by atoms with E-state index >= 15 is 0 Å². The monoisotopic (exact) mass is 331 g/mol. The summed E-state index contributed by atoms with van der Waals surface area (Å²) >= 11 is 1.69. The van der Waals surface area contributed by atoms with Crippen LogP contribution in [0.1, 0.15) is 31.2 Å². The molecule has 1 atom stereocenters. The molecule has 1 unspecified atom stereocenters. The Morgan fingerprint density at radius 3 is 2.96 bits per heavy atom. The van der Waals surface area contributed by atoms with Gasteiger partial charge in [0.1, 0.15) is 11.2 Å². The molecule has 0 aliphatic carbocycles. The summed E-state index contributed by atoms with van der Waals surface area (Å²) in [6.45, 7) is 3.68. The number of allylic oxidation sites excluding steroid dienone is 2. The topological polar surface area (TPSA) is 75.8 Å². The molecule has 3 aliphatic heterocycles. The Morgan fingerprint density at radius 1 is 1.39 bits per heavy atom. The summed E-state index contributed by atoms with van der Waals surface area (Å²) in [6, 6.07) is 0.449. The lowest BCUT2D eigenvalue weighted by Crippen LogP contribution is -2.56. The second-order valence-corrected chi connectivity index (χ2v) is 7.01. The van der Waals surface area contributed by atoms with Gasteiger partial charge in [-0.05, 0) is 25.3 Å². The van der Waals surface area contributed by atoms with Gasteiger partial charge in [0.2, 0.25) is 0 Å². The number of thiazole rings is 1. The van der Waals surface area contributed by atoms with Crippen molar-refractivity contribution in [3.63, 3.8) is 0 Å². The van der Waals surface area contributed by atoms with Gasteiger partial charge < -0.3 is 20.7 Å². The maximum atomic E-state index is 5.98. The molecule has 1 fully saturated rings.